The first-order chi connectivity index (χ1) is 26.7. The van der Waals surface area contributed by atoms with E-state index in [1.165, 1.54) is 271 Å². The summed E-state index contributed by atoms with van der Waals surface area (Å²) in [5.41, 5.74) is 11.8. The summed E-state index contributed by atoms with van der Waals surface area (Å²) in [4.78, 5) is 5.40. The van der Waals surface area contributed by atoms with Crippen LogP contribution in [0.2, 0.25) is 0 Å². The number of piperazine rings is 1. The highest BCUT2D eigenvalue weighted by Crippen LogP contribution is 2.21. The van der Waals surface area contributed by atoms with E-state index >= 15 is 0 Å². The van der Waals surface area contributed by atoms with Gasteiger partial charge >= 0.3 is 0 Å². The van der Waals surface area contributed by atoms with Crippen LogP contribution in [-0.2, 0) is 0 Å². The maximum Gasteiger partial charge on any atom is 0.0110 e. The van der Waals surface area contributed by atoms with Crippen molar-refractivity contribution in [3.8, 4) is 0 Å². The third-order valence-electron chi connectivity index (χ3n) is 12.6. The molecule has 1 heterocycles. The molecule has 6 nitrogen and oxygen atoms in total. The van der Waals surface area contributed by atoms with Gasteiger partial charge in [-0.3, -0.25) is 0 Å². The van der Waals surface area contributed by atoms with Gasteiger partial charge in [-0.1, -0.05) is 168 Å². The predicted molar refractivity (Wildman–Crippen MR) is 243 cm³/mol. The molecule has 2 unspecified atom stereocenters. The Morgan fingerprint density at radius 1 is 0.352 bits per heavy atom. The number of hydrogen-bond donors (Lipinski definition) is 4. The van der Waals surface area contributed by atoms with Crippen LogP contribution in [0.15, 0.2) is 0 Å². The van der Waals surface area contributed by atoms with Gasteiger partial charge in [-0.25, -0.2) is 0 Å². The van der Waals surface area contributed by atoms with E-state index in [-0.39, 0.29) is 0 Å². The minimum Gasteiger partial charge on any atom is -0.330 e. The van der Waals surface area contributed by atoms with Crippen molar-refractivity contribution in [3.63, 3.8) is 0 Å². The molecule has 0 aliphatic carbocycles. The van der Waals surface area contributed by atoms with E-state index in [0.717, 1.165) is 24.9 Å². The van der Waals surface area contributed by atoms with Crippen LogP contribution in [0, 0.1) is 11.8 Å². The van der Waals surface area contributed by atoms with E-state index in [9.17, 15) is 0 Å². The minimum atomic E-state index is 0.849. The van der Waals surface area contributed by atoms with Gasteiger partial charge < -0.3 is 31.9 Å². The lowest BCUT2D eigenvalue weighted by atomic mass is 9.92. The summed E-state index contributed by atoms with van der Waals surface area (Å²) < 4.78 is 0. The lowest BCUT2D eigenvalue weighted by Gasteiger charge is -2.34. The fourth-order valence-corrected chi connectivity index (χ4v) is 8.83. The maximum atomic E-state index is 5.88. The molecule has 0 bridgehead atoms. The van der Waals surface area contributed by atoms with E-state index in [1.807, 2.05) is 0 Å². The number of nitrogens with zero attached hydrogens (tertiary/aromatic N) is 2. The van der Waals surface area contributed by atoms with Crippen molar-refractivity contribution in [2.24, 2.45) is 23.3 Å². The van der Waals surface area contributed by atoms with Crippen molar-refractivity contribution in [2.45, 2.75) is 219 Å². The predicted octanol–water partition coefficient (Wildman–Crippen LogP) is 11.5. The summed E-state index contributed by atoms with van der Waals surface area (Å²) in [6.45, 7) is 18.5. The van der Waals surface area contributed by atoms with Crippen molar-refractivity contribution in [1.29, 1.82) is 0 Å². The lowest BCUT2D eigenvalue weighted by Crippen LogP contribution is -2.47. The molecule has 0 aromatic carbocycles. The fraction of sp³-hybridized carbons (Fsp3) is 1.00. The van der Waals surface area contributed by atoms with Crippen LogP contribution in [0.25, 0.3) is 0 Å². The molecule has 6 N–H and O–H groups in total. The quantitative estimate of drug-likeness (QED) is 0.0463. The van der Waals surface area contributed by atoms with E-state index in [0.29, 0.717) is 0 Å². The normalized spacial score (nSPS) is 15.3. The Kier molecular flexibility index (Phi) is 40.6. The monoisotopic (exact) mass is 763 g/mol. The summed E-state index contributed by atoms with van der Waals surface area (Å²) in [5, 5.41) is 7.58. The van der Waals surface area contributed by atoms with Gasteiger partial charge in [0.2, 0.25) is 0 Å². The molecule has 324 valence electrons. The average Bonchev–Trinajstić information content (AvgIpc) is 3.19. The summed E-state index contributed by atoms with van der Waals surface area (Å²) in [6.07, 6.45) is 44.7. The number of rotatable bonds is 44. The van der Waals surface area contributed by atoms with Crippen LogP contribution < -0.4 is 22.1 Å². The Morgan fingerprint density at radius 2 is 0.648 bits per heavy atom. The summed E-state index contributed by atoms with van der Waals surface area (Å²) in [6, 6.07) is 0. The van der Waals surface area contributed by atoms with Crippen LogP contribution in [-0.4, -0.2) is 88.3 Å². The lowest BCUT2D eigenvalue weighted by molar-refractivity contribution is 0.130. The third-order valence-corrected chi connectivity index (χ3v) is 12.6. The minimum absolute atomic E-state index is 0.849. The molecule has 1 aliphatic rings. The van der Waals surface area contributed by atoms with Crippen molar-refractivity contribution in [3.05, 3.63) is 0 Å². The zero-order chi connectivity index (χ0) is 38.8. The summed E-state index contributed by atoms with van der Waals surface area (Å²) in [5.74, 6) is 1.73. The van der Waals surface area contributed by atoms with Crippen LogP contribution in [0.3, 0.4) is 0 Å². The Morgan fingerprint density at radius 3 is 0.963 bits per heavy atom. The van der Waals surface area contributed by atoms with Crippen molar-refractivity contribution < 1.29 is 0 Å². The molecular weight excluding hydrogens is 661 g/mol. The van der Waals surface area contributed by atoms with Crippen LogP contribution in [0.1, 0.15) is 219 Å². The molecular formula is C48H102N6. The Labute approximate surface area is 340 Å². The first kappa shape index (κ1) is 51.8. The van der Waals surface area contributed by atoms with Crippen LogP contribution in [0.5, 0.6) is 0 Å². The molecule has 0 aromatic heterocycles. The van der Waals surface area contributed by atoms with Gasteiger partial charge in [0.25, 0.3) is 0 Å². The molecule has 0 aromatic rings. The molecule has 1 aliphatic heterocycles. The Balaban J connectivity index is 2.00. The summed E-state index contributed by atoms with van der Waals surface area (Å²) in [7, 11) is 0. The standard InChI is InChI=1S/C48H102N6/c1-3-5-7-9-11-13-15-17-19-21-23-29-47(31-25-35-49)33-39-51-37-27-41-53-43-45-54(46-44-53)42-28-38-52-40-34-48(32-26-36-50)30-24-22-20-18-16-14-12-10-8-6-4-2/h47-48,51-52H,3-46,49-50H2,1-2H3. The highest BCUT2D eigenvalue weighted by atomic mass is 15.3. The molecule has 54 heavy (non-hydrogen) atoms. The third kappa shape index (κ3) is 35.0. The van der Waals surface area contributed by atoms with Gasteiger partial charge in [0.15, 0.2) is 0 Å². The van der Waals surface area contributed by atoms with Crippen molar-refractivity contribution in [2.75, 3.05) is 78.5 Å². The molecule has 0 saturated carbocycles. The van der Waals surface area contributed by atoms with Gasteiger partial charge in [0.05, 0.1) is 0 Å². The van der Waals surface area contributed by atoms with E-state index in [1.54, 1.807) is 0 Å². The van der Waals surface area contributed by atoms with Gasteiger partial charge in [-0.2, -0.15) is 0 Å². The molecule has 2 atom stereocenters. The van der Waals surface area contributed by atoms with Gasteiger partial charge in [-0.05, 0) is 116 Å². The maximum absolute atomic E-state index is 5.88. The molecule has 0 spiro atoms. The highest BCUT2D eigenvalue weighted by molar-refractivity contribution is 4.73. The molecule has 6 heteroatoms. The van der Waals surface area contributed by atoms with E-state index in [4.69, 9.17) is 11.5 Å². The number of hydrogen-bond acceptors (Lipinski definition) is 6. The number of unbranched alkanes of at least 4 members (excludes halogenated alkanes) is 20. The molecule has 1 rings (SSSR count). The van der Waals surface area contributed by atoms with Gasteiger partial charge in [0, 0.05) is 26.2 Å². The second-order valence-electron chi connectivity index (χ2n) is 17.7. The van der Waals surface area contributed by atoms with Gasteiger partial charge in [0.1, 0.15) is 0 Å². The Bertz CT molecular complexity index is 641. The highest BCUT2D eigenvalue weighted by Gasteiger charge is 2.16. The van der Waals surface area contributed by atoms with Gasteiger partial charge in [-0.15, -0.1) is 0 Å². The van der Waals surface area contributed by atoms with E-state index < -0.39 is 0 Å². The molecule has 1 saturated heterocycles. The first-order valence-electron chi connectivity index (χ1n) is 25.0. The van der Waals surface area contributed by atoms with Crippen molar-refractivity contribution in [1.82, 2.24) is 20.4 Å². The number of nitrogens with one attached hydrogen (secondary N) is 2. The van der Waals surface area contributed by atoms with Crippen LogP contribution in [0.4, 0.5) is 0 Å². The Hall–Kier alpha value is -0.240. The van der Waals surface area contributed by atoms with E-state index in [2.05, 4.69) is 34.3 Å². The molecule has 0 radical (unpaired) electrons. The first-order valence-corrected chi connectivity index (χ1v) is 25.0. The second kappa shape index (κ2) is 42.4. The largest absolute Gasteiger partial charge is 0.330 e. The topological polar surface area (TPSA) is 82.6 Å². The zero-order valence-corrected chi connectivity index (χ0v) is 37.3. The fourth-order valence-electron chi connectivity index (χ4n) is 8.83. The molecule has 1 fully saturated rings. The smallest absolute Gasteiger partial charge is 0.0110 e. The summed E-state index contributed by atoms with van der Waals surface area (Å²) >= 11 is 0. The van der Waals surface area contributed by atoms with Crippen molar-refractivity contribution >= 4 is 0 Å². The SMILES string of the molecule is CCCCCCCCCCCCCC(CCCN)CCNCCCN1CCN(CCCNCCC(CCCN)CCCCCCCCCCCCC)CC1. The second-order valence-corrected chi connectivity index (χ2v) is 17.7. The van der Waals surface area contributed by atoms with Crippen LogP contribution >= 0.6 is 0 Å². The zero-order valence-electron chi connectivity index (χ0n) is 37.3. The number of nitrogens with two attached hydrogens (primary N) is 2. The molecule has 0 amide bonds. The average molecular weight is 763 g/mol.